The molecule has 20 heavy (non-hydrogen) atoms. The van der Waals surface area contributed by atoms with Gasteiger partial charge >= 0.3 is 5.97 Å². The van der Waals surface area contributed by atoms with Gasteiger partial charge in [0.05, 0.1) is 30.4 Å². The second kappa shape index (κ2) is 6.49. The molecule has 3 N–H and O–H groups in total. The van der Waals surface area contributed by atoms with Crippen molar-refractivity contribution in [3.05, 3.63) is 29.3 Å². The van der Waals surface area contributed by atoms with Crippen molar-refractivity contribution in [1.29, 1.82) is 0 Å². The summed E-state index contributed by atoms with van der Waals surface area (Å²) in [5.74, 6) is -1.30. The number of aryl methyl sites for hydroxylation is 1. The Hall–Kier alpha value is -1.92. The highest BCUT2D eigenvalue weighted by molar-refractivity contribution is 6.00. The number of nitrogens with one attached hydrogen (secondary N) is 2. The highest BCUT2D eigenvalue weighted by Crippen LogP contribution is 2.18. The lowest BCUT2D eigenvalue weighted by Crippen LogP contribution is -2.40. The van der Waals surface area contributed by atoms with Crippen LogP contribution in [0.2, 0.25) is 0 Å². The van der Waals surface area contributed by atoms with E-state index in [2.05, 4.69) is 10.6 Å². The second-order valence-electron chi connectivity index (χ2n) is 4.80. The average Bonchev–Trinajstić information content (AvgIpc) is 2.41. The van der Waals surface area contributed by atoms with Gasteiger partial charge in [0.1, 0.15) is 0 Å². The summed E-state index contributed by atoms with van der Waals surface area (Å²) in [5, 5.41) is 14.9. The summed E-state index contributed by atoms with van der Waals surface area (Å²) in [6.45, 7) is 3.81. The maximum atomic E-state index is 11.9. The normalized spacial score (nSPS) is 18.6. The number of aromatic carboxylic acids is 1. The molecule has 0 spiro atoms. The van der Waals surface area contributed by atoms with Gasteiger partial charge in [-0.25, -0.2) is 4.79 Å². The first-order valence-corrected chi connectivity index (χ1v) is 6.52. The fourth-order valence-corrected chi connectivity index (χ4v) is 2.10. The molecule has 108 valence electrons. The third-order valence-corrected chi connectivity index (χ3v) is 3.10. The zero-order chi connectivity index (χ0) is 14.5. The highest BCUT2D eigenvalue weighted by Gasteiger charge is 2.19. The van der Waals surface area contributed by atoms with Crippen LogP contribution in [0, 0.1) is 6.92 Å². The Bertz CT molecular complexity index is 510. The highest BCUT2D eigenvalue weighted by atomic mass is 16.5. The number of carbonyl (C=O) groups is 2. The minimum Gasteiger partial charge on any atom is -0.478 e. The zero-order valence-corrected chi connectivity index (χ0v) is 11.3. The molecule has 6 nitrogen and oxygen atoms in total. The lowest BCUT2D eigenvalue weighted by Gasteiger charge is -2.23. The second-order valence-corrected chi connectivity index (χ2v) is 4.80. The van der Waals surface area contributed by atoms with Crippen LogP contribution < -0.4 is 10.6 Å². The van der Waals surface area contributed by atoms with Crippen LogP contribution in [0.15, 0.2) is 18.2 Å². The van der Waals surface area contributed by atoms with Gasteiger partial charge in [-0.05, 0) is 19.1 Å². The number of anilines is 1. The van der Waals surface area contributed by atoms with Gasteiger partial charge in [-0.1, -0.05) is 11.6 Å². The molecule has 0 saturated carbocycles. The number of carboxylic acids is 1. The lowest BCUT2D eigenvalue weighted by atomic mass is 10.1. The number of benzene rings is 1. The lowest BCUT2D eigenvalue weighted by molar-refractivity contribution is -0.119. The number of hydrogen-bond acceptors (Lipinski definition) is 4. The molecule has 1 amide bonds. The van der Waals surface area contributed by atoms with Crippen LogP contribution in [-0.2, 0) is 9.53 Å². The fraction of sp³-hybridized carbons (Fsp3) is 0.429. The molecule has 6 heteroatoms. The predicted octanol–water partition coefficient (Wildman–Crippen LogP) is 1.01. The van der Waals surface area contributed by atoms with Crippen molar-refractivity contribution in [2.75, 3.05) is 25.0 Å². The molecular weight excluding hydrogens is 260 g/mol. The van der Waals surface area contributed by atoms with Crippen molar-refractivity contribution in [3.63, 3.8) is 0 Å². The van der Waals surface area contributed by atoms with Crippen LogP contribution in [-0.4, -0.2) is 42.8 Å². The summed E-state index contributed by atoms with van der Waals surface area (Å²) < 4.78 is 5.44. The number of morpholine rings is 1. The SMILES string of the molecule is Cc1ccc(NC(=O)CC2CNCCO2)c(C(=O)O)c1. The van der Waals surface area contributed by atoms with E-state index in [0.29, 0.717) is 18.8 Å². The van der Waals surface area contributed by atoms with E-state index < -0.39 is 5.97 Å². The first-order valence-electron chi connectivity index (χ1n) is 6.52. The van der Waals surface area contributed by atoms with E-state index in [1.807, 2.05) is 0 Å². The van der Waals surface area contributed by atoms with Gasteiger partial charge < -0.3 is 20.5 Å². The third kappa shape index (κ3) is 3.79. The summed E-state index contributed by atoms with van der Waals surface area (Å²) in [4.78, 5) is 23.1. The van der Waals surface area contributed by atoms with E-state index in [1.54, 1.807) is 19.1 Å². The van der Waals surface area contributed by atoms with Crippen molar-refractivity contribution in [2.45, 2.75) is 19.4 Å². The molecule has 1 aliphatic rings. The van der Waals surface area contributed by atoms with E-state index in [4.69, 9.17) is 9.84 Å². The number of carboxylic acid groups (broad SMARTS) is 1. The van der Waals surface area contributed by atoms with Crippen molar-refractivity contribution in [1.82, 2.24) is 5.32 Å². The van der Waals surface area contributed by atoms with Gasteiger partial charge in [0, 0.05) is 13.1 Å². The van der Waals surface area contributed by atoms with E-state index >= 15 is 0 Å². The molecule has 1 aliphatic heterocycles. The largest absolute Gasteiger partial charge is 0.478 e. The molecule has 1 aromatic carbocycles. The monoisotopic (exact) mass is 278 g/mol. The summed E-state index contributed by atoms with van der Waals surface area (Å²) in [6, 6.07) is 4.91. The van der Waals surface area contributed by atoms with Crippen molar-refractivity contribution in [3.8, 4) is 0 Å². The summed E-state index contributed by atoms with van der Waals surface area (Å²) in [5.41, 5.74) is 1.25. The van der Waals surface area contributed by atoms with E-state index in [1.165, 1.54) is 6.07 Å². The smallest absolute Gasteiger partial charge is 0.337 e. The minimum absolute atomic E-state index is 0.0982. The number of ether oxygens (including phenoxy) is 1. The predicted molar refractivity (Wildman–Crippen MR) is 74.0 cm³/mol. The van der Waals surface area contributed by atoms with Gasteiger partial charge in [-0.2, -0.15) is 0 Å². The third-order valence-electron chi connectivity index (χ3n) is 3.10. The van der Waals surface area contributed by atoms with Crippen LogP contribution in [0.25, 0.3) is 0 Å². The fourth-order valence-electron chi connectivity index (χ4n) is 2.10. The van der Waals surface area contributed by atoms with Gasteiger partial charge in [0.2, 0.25) is 5.91 Å². The molecule has 0 aromatic heterocycles. The molecule has 0 radical (unpaired) electrons. The van der Waals surface area contributed by atoms with Gasteiger partial charge in [-0.15, -0.1) is 0 Å². The van der Waals surface area contributed by atoms with Crippen molar-refractivity contribution >= 4 is 17.6 Å². The van der Waals surface area contributed by atoms with Crippen LogP contribution in [0.3, 0.4) is 0 Å². The molecule has 1 aromatic rings. The molecule has 0 bridgehead atoms. The Morgan fingerprint density at radius 1 is 1.50 bits per heavy atom. The molecule has 1 saturated heterocycles. The van der Waals surface area contributed by atoms with E-state index in [0.717, 1.165) is 12.1 Å². The maximum Gasteiger partial charge on any atom is 0.337 e. The quantitative estimate of drug-likeness (QED) is 0.765. The Kier molecular flexibility index (Phi) is 4.70. The number of amides is 1. The standard InChI is InChI=1S/C14H18N2O4/c1-9-2-3-12(11(6-9)14(18)19)16-13(17)7-10-8-15-4-5-20-10/h2-3,6,10,15H,4-5,7-8H2,1H3,(H,16,17)(H,18,19). The van der Waals surface area contributed by atoms with Crippen LogP contribution >= 0.6 is 0 Å². The molecule has 1 heterocycles. The summed E-state index contributed by atoms with van der Waals surface area (Å²) in [6.07, 6.45) is 0.0439. The van der Waals surface area contributed by atoms with Crippen LogP contribution in [0.1, 0.15) is 22.3 Å². The van der Waals surface area contributed by atoms with Gasteiger partial charge in [0.15, 0.2) is 0 Å². The molecule has 1 atom stereocenters. The van der Waals surface area contributed by atoms with Crippen LogP contribution in [0.5, 0.6) is 0 Å². The Labute approximate surface area is 117 Å². The summed E-state index contributed by atoms with van der Waals surface area (Å²) >= 11 is 0. The zero-order valence-electron chi connectivity index (χ0n) is 11.3. The molecule has 0 aliphatic carbocycles. The Morgan fingerprint density at radius 3 is 2.95 bits per heavy atom. The molecule has 1 unspecified atom stereocenters. The maximum absolute atomic E-state index is 11.9. The van der Waals surface area contributed by atoms with Crippen molar-refractivity contribution in [2.24, 2.45) is 0 Å². The van der Waals surface area contributed by atoms with Gasteiger partial charge in [0.25, 0.3) is 0 Å². The first kappa shape index (κ1) is 14.5. The van der Waals surface area contributed by atoms with Crippen molar-refractivity contribution < 1.29 is 19.4 Å². The molecular formula is C14H18N2O4. The first-order chi connectivity index (χ1) is 9.56. The van der Waals surface area contributed by atoms with E-state index in [-0.39, 0.29) is 24.0 Å². The minimum atomic E-state index is -1.06. The van der Waals surface area contributed by atoms with Gasteiger partial charge in [-0.3, -0.25) is 4.79 Å². The number of carbonyl (C=O) groups excluding carboxylic acids is 1. The topological polar surface area (TPSA) is 87.7 Å². The van der Waals surface area contributed by atoms with E-state index in [9.17, 15) is 9.59 Å². The molecule has 2 rings (SSSR count). The van der Waals surface area contributed by atoms with Crippen LogP contribution in [0.4, 0.5) is 5.69 Å². The number of rotatable bonds is 4. The average molecular weight is 278 g/mol. The molecule has 1 fully saturated rings. The Morgan fingerprint density at radius 2 is 2.30 bits per heavy atom. The number of hydrogen-bond donors (Lipinski definition) is 3. The summed E-state index contributed by atoms with van der Waals surface area (Å²) in [7, 11) is 0. The Balaban J connectivity index is 2.01.